The van der Waals surface area contributed by atoms with Crippen LogP contribution in [-0.4, -0.2) is 53.1 Å². The summed E-state index contributed by atoms with van der Waals surface area (Å²) in [6, 6.07) is 4.67. The van der Waals surface area contributed by atoms with Gasteiger partial charge in [0.05, 0.1) is 30.2 Å². The summed E-state index contributed by atoms with van der Waals surface area (Å²) in [4.78, 5) is 24.0. The summed E-state index contributed by atoms with van der Waals surface area (Å²) in [6.45, 7) is 0.891. The molecule has 1 aliphatic heterocycles. The third-order valence-corrected chi connectivity index (χ3v) is 4.38. The molecule has 1 unspecified atom stereocenters. The minimum atomic E-state index is -4.39. The van der Waals surface area contributed by atoms with Crippen LogP contribution in [0.25, 0.3) is 0 Å². The summed E-state index contributed by atoms with van der Waals surface area (Å²) < 4.78 is 43.3. The molecule has 5 nitrogen and oxygen atoms in total. The number of benzene rings is 1. The fraction of sp³-hybridized carbons (Fsp3) is 0.467. The van der Waals surface area contributed by atoms with Gasteiger partial charge in [-0.1, -0.05) is 12.1 Å². The van der Waals surface area contributed by atoms with Gasteiger partial charge < -0.3 is 14.7 Å². The Balaban J connectivity index is 1.95. The number of nitrogens with zero attached hydrogens (tertiary/aromatic N) is 1. The second-order valence-electron chi connectivity index (χ2n) is 5.21. The first-order chi connectivity index (χ1) is 11.3. The van der Waals surface area contributed by atoms with Gasteiger partial charge in [-0.05, 0) is 17.7 Å². The number of ether oxygens (including phenoxy) is 1. The van der Waals surface area contributed by atoms with E-state index in [2.05, 4.69) is 0 Å². The lowest BCUT2D eigenvalue weighted by Gasteiger charge is -2.33. The van der Waals surface area contributed by atoms with Crippen LogP contribution in [0.3, 0.4) is 0 Å². The molecule has 0 radical (unpaired) electrons. The molecule has 1 saturated heterocycles. The van der Waals surface area contributed by atoms with Crippen molar-refractivity contribution in [2.45, 2.75) is 12.3 Å². The Hall–Kier alpha value is -1.74. The molecule has 1 amide bonds. The summed E-state index contributed by atoms with van der Waals surface area (Å²) in [5.41, 5.74) is -0.168. The van der Waals surface area contributed by atoms with Crippen molar-refractivity contribution in [1.82, 2.24) is 4.90 Å². The van der Waals surface area contributed by atoms with Crippen molar-refractivity contribution >= 4 is 23.6 Å². The van der Waals surface area contributed by atoms with E-state index in [1.807, 2.05) is 0 Å². The second-order valence-corrected chi connectivity index (χ2v) is 6.19. The van der Waals surface area contributed by atoms with Crippen LogP contribution in [0.1, 0.15) is 17.2 Å². The van der Waals surface area contributed by atoms with E-state index < -0.39 is 23.8 Å². The predicted octanol–water partition coefficient (Wildman–Crippen LogP) is 2.42. The van der Waals surface area contributed by atoms with E-state index in [1.54, 1.807) is 4.90 Å². The number of amides is 1. The first kappa shape index (κ1) is 18.6. The van der Waals surface area contributed by atoms with E-state index in [4.69, 9.17) is 9.84 Å². The Morgan fingerprint density at radius 2 is 1.92 bits per heavy atom. The van der Waals surface area contributed by atoms with Crippen molar-refractivity contribution in [2.75, 3.05) is 31.2 Å². The number of carbonyl (C=O) groups is 2. The van der Waals surface area contributed by atoms with Gasteiger partial charge >= 0.3 is 12.1 Å². The Morgan fingerprint density at radius 3 is 2.50 bits per heavy atom. The van der Waals surface area contributed by atoms with Crippen LogP contribution in [0.5, 0.6) is 0 Å². The number of morpholine rings is 1. The molecule has 1 N–H and O–H groups in total. The Morgan fingerprint density at radius 1 is 1.25 bits per heavy atom. The number of aliphatic carboxylic acids is 1. The van der Waals surface area contributed by atoms with Crippen LogP contribution in [0.15, 0.2) is 24.3 Å². The minimum absolute atomic E-state index is 0.0477. The average molecular weight is 363 g/mol. The molecule has 0 aromatic heterocycles. The standard InChI is InChI=1S/C15H16F3NO4S/c16-15(17,18)11-3-1-10(2-4-11)12-7-19(5-6-23-12)13(20)8-24-9-14(21)22/h1-4,12H,5-9H2,(H,21,22). The second kappa shape index (κ2) is 7.89. The predicted molar refractivity (Wildman–Crippen MR) is 81.7 cm³/mol. The zero-order valence-electron chi connectivity index (χ0n) is 12.6. The smallest absolute Gasteiger partial charge is 0.416 e. The summed E-state index contributed by atoms with van der Waals surface area (Å²) in [5, 5.41) is 8.56. The van der Waals surface area contributed by atoms with Gasteiger partial charge in [0.1, 0.15) is 6.10 Å². The monoisotopic (exact) mass is 363 g/mol. The molecule has 0 bridgehead atoms. The molecular formula is C15H16F3NO4S. The molecule has 0 aliphatic carbocycles. The van der Waals surface area contributed by atoms with Crippen LogP contribution < -0.4 is 0 Å². The van der Waals surface area contributed by atoms with Crippen molar-refractivity contribution in [3.8, 4) is 0 Å². The highest BCUT2D eigenvalue weighted by molar-refractivity contribution is 8.00. The highest BCUT2D eigenvalue weighted by Gasteiger charge is 2.31. The van der Waals surface area contributed by atoms with Gasteiger partial charge in [-0.15, -0.1) is 11.8 Å². The molecule has 24 heavy (non-hydrogen) atoms. The van der Waals surface area contributed by atoms with Crippen molar-refractivity contribution in [1.29, 1.82) is 0 Å². The van der Waals surface area contributed by atoms with Crippen LogP contribution in [0.4, 0.5) is 13.2 Å². The molecule has 0 saturated carbocycles. The average Bonchev–Trinajstić information content (AvgIpc) is 2.54. The van der Waals surface area contributed by atoms with Crippen molar-refractivity contribution < 1.29 is 32.6 Å². The normalized spacial score (nSPS) is 18.5. The zero-order chi connectivity index (χ0) is 17.7. The topological polar surface area (TPSA) is 66.8 Å². The number of carboxylic acid groups (broad SMARTS) is 1. The summed E-state index contributed by atoms with van der Waals surface area (Å²) in [5.74, 6) is -1.30. The Bertz CT molecular complexity index is 591. The molecule has 1 aromatic rings. The zero-order valence-corrected chi connectivity index (χ0v) is 13.4. The lowest BCUT2D eigenvalue weighted by atomic mass is 10.1. The third-order valence-electron chi connectivity index (χ3n) is 3.48. The third kappa shape index (κ3) is 5.13. The Labute approximate surface area is 140 Å². The summed E-state index contributed by atoms with van der Waals surface area (Å²) in [6.07, 6.45) is -4.88. The van der Waals surface area contributed by atoms with E-state index in [9.17, 15) is 22.8 Å². The first-order valence-corrected chi connectivity index (χ1v) is 8.29. The van der Waals surface area contributed by atoms with Crippen molar-refractivity contribution in [3.63, 3.8) is 0 Å². The van der Waals surface area contributed by atoms with Gasteiger partial charge in [-0.25, -0.2) is 0 Å². The number of hydrogen-bond donors (Lipinski definition) is 1. The van der Waals surface area contributed by atoms with Gasteiger partial charge in [0, 0.05) is 6.54 Å². The molecule has 132 valence electrons. The molecule has 1 atom stereocenters. The molecule has 1 aliphatic rings. The maximum atomic E-state index is 12.6. The van der Waals surface area contributed by atoms with Gasteiger partial charge in [0.2, 0.25) is 5.91 Å². The lowest BCUT2D eigenvalue weighted by molar-refractivity contribution is -0.137. The number of hydrogen-bond acceptors (Lipinski definition) is 4. The number of thioether (sulfide) groups is 1. The number of carboxylic acids is 1. The SMILES string of the molecule is O=C(O)CSCC(=O)N1CCOC(c2ccc(C(F)(F)F)cc2)C1. The van der Waals surface area contributed by atoms with Gasteiger partial charge in [0.15, 0.2) is 0 Å². The highest BCUT2D eigenvalue weighted by atomic mass is 32.2. The van der Waals surface area contributed by atoms with Gasteiger partial charge in [-0.3, -0.25) is 9.59 Å². The fourth-order valence-electron chi connectivity index (χ4n) is 2.28. The van der Waals surface area contributed by atoms with Crippen LogP contribution in [0.2, 0.25) is 0 Å². The van der Waals surface area contributed by atoms with Crippen LogP contribution in [0, 0.1) is 0 Å². The summed E-state index contributed by atoms with van der Waals surface area (Å²) >= 11 is 1.01. The van der Waals surface area contributed by atoms with Gasteiger partial charge in [0.25, 0.3) is 0 Å². The number of carbonyl (C=O) groups excluding carboxylic acids is 1. The number of halogens is 3. The maximum Gasteiger partial charge on any atom is 0.416 e. The molecular weight excluding hydrogens is 347 g/mol. The van der Waals surface area contributed by atoms with Crippen molar-refractivity contribution in [2.24, 2.45) is 0 Å². The van der Waals surface area contributed by atoms with E-state index in [0.29, 0.717) is 12.1 Å². The van der Waals surface area contributed by atoms with E-state index in [0.717, 1.165) is 23.9 Å². The lowest BCUT2D eigenvalue weighted by Crippen LogP contribution is -2.43. The first-order valence-electron chi connectivity index (χ1n) is 7.13. The fourth-order valence-corrected chi connectivity index (χ4v) is 2.92. The highest BCUT2D eigenvalue weighted by Crippen LogP contribution is 2.31. The molecule has 1 heterocycles. The minimum Gasteiger partial charge on any atom is -0.481 e. The summed E-state index contributed by atoms with van der Waals surface area (Å²) in [7, 11) is 0. The molecule has 1 fully saturated rings. The van der Waals surface area contributed by atoms with Crippen LogP contribution >= 0.6 is 11.8 Å². The van der Waals surface area contributed by atoms with Crippen LogP contribution in [-0.2, 0) is 20.5 Å². The quantitative estimate of drug-likeness (QED) is 0.870. The van der Waals surface area contributed by atoms with E-state index >= 15 is 0 Å². The number of alkyl halides is 3. The van der Waals surface area contributed by atoms with E-state index in [-0.39, 0.29) is 30.6 Å². The Kier molecular flexibility index (Phi) is 6.11. The molecule has 1 aromatic carbocycles. The molecule has 9 heteroatoms. The number of rotatable bonds is 5. The maximum absolute atomic E-state index is 12.6. The van der Waals surface area contributed by atoms with Gasteiger partial charge in [-0.2, -0.15) is 13.2 Å². The van der Waals surface area contributed by atoms with E-state index in [1.165, 1.54) is 12.1 Å². The van der Waals surface area contributed by atoms with Crippen molar-refractivity contribution in [3.05, 3.63) is 35.4 Å². The largest absolute Gasteiger partial charge is 0.481 e. The molecule has 0 spiro atoms. The molecule has 2 rings (SSSR count).